The molecule has 0 fully saturated rings. The maximum Gasteiger partial charge on any atom is 0.146 e. The summed E-state index contributed by atoms with van der Waals surface area (Å²) in [7, 11) is 1.92. The van der Waals surface area contributed by atoms with Gasteiger partial charge in [-0.1, -0.05) is 30.3 Å². The van der Waals surface area contributed by atoms with E-state index in [2.05, 4.69) is 44.3 Å². The van der Waals surface area contributed by atoms with Gasteiger partial charge in [0, 0.05) is 6.54 Å². The Balaban J connectivity index is 1.84. The van der Waals surface area contributed by atoms with Crippen molar-refractivity contribution < 1.29 is 0 Å². The van der Waals surface area contributed by atoms with Crippen LogP contribution in [0.25, 0.3) is 0 Å². The van der Waals surface area contributed by atoms with Gasteiger partial charge in [-0.15, -0.1) is 10.2 Å². The Morgan fingerprint density at radius 3 is 2.82 bits per heavy atom. The van der Waals surface area contributed by atoms with E-state index in [1.165, 1.54) is 5.56 Å². The number of aromatic nitrogens is 3. The molecule has 17 heavy (non-hydrogen) atoms. The van der Waals surface area contributed by atoms with Crippen LogP contribution in [0, 0.1) is 0 Å². The zero-order chi connectivity index (χ0) is 11.9. The van der Waals surface area contributed by atoms with Gasteiger partial charge in [-0.3, -0.25) is 0 Å². The average Bonchev–Trinajstić information content (AvgIpc) is 2.79. The highest BCUT2D eigenvalue weighted by molar-refractivity contribution is 5.14. The molecular formula is C13H18N4. The second-order valence-electron chi connectivity index (χ2n) is 4.06. The fourth-order valence-corrected chi connectivity index (χ4v) is 1.86. The molecule has 0 saturated heterocycles. The number of benzene rings is 1. The van der Waals surface area contributed by atoms with E-state index in [4.69, 9.17) is 0 Å². The molecule has 4 heteroatoms. The van der Waals surface area contributed by atoms with E-state index in [-0.39, 0.29) is 0 Å². The van der Waals surface area contributed by atoms with Crippen molar-refractivity contribution in [2.45, 2.75) is 25.9 Å². The Labute approximate surface area is 102 Å². The van der Waals surface area contributed by atoms with Crippen LogP contribution in [-0.2, 0) is 19.5 Å². The van der Waals surface area contributed by atoms with E-state index < -0.39 is 0 Å². The lowest BCUT2D eigenvalue weighted by Crippen LogP contribution is -2.12. The molecule has 0 spiro atoms. The third-order valence-corrected chi connectivity index (χ3v) is 2.74. The molecule has 0 amide bonds. The number of rotatable bonds is 6. The van der Waals surface area contributed by atoms with Crippen LogP contribution in [0.4, 0.5) is 0 Å². The lowest BCUT2D eigenvalue weighted by Gasteiger charge is -2.06. The van der Waals surface area contributed by atoms with Gasteiger partial charge in [-0.2, -0.15) is 0 Å². The molecule has 0 aliphatic heterocycles. The van der Waals surface area contributed by atoms with Crippen LogP contribution >= 0.6 is 0 Å². The monoisotopic (exact) mass is 230 g/mol. The summed E-state index contributed by atoms with van der Waals surface area (Å²) >= 11 is 0. The Morgan fingerprint density at radius 1 is 1.24 bits per heavy atom. The Hall–Kier alpha value is -1.68. The molecule has 1 N–H and O–H groups in total. The first kappa shape index (κ1) is 11.8. The second kappa shape index (κ2) is 6.15. The van der Waals surface area contributed by atoms with Gasteiger partial charge in [0.1, 0.15) is 12.2 Å². The van der Waals surface area contributed by atoms with E-state index in [0.717, 1.165) is 31.8 Å². The van der Waals surface area contributed by atoms with Crippen molar-refractivity contribution in [3.05, 3.63) is 48.0 Å². The summed E-state index contributed by atoms with van der Waals surface area (Å²) in [4.78, 5) is 0. The first-order valence-electron chi connectivity index (χ1n) is 5.95. The molecule has 0 aliphatic carbocycles. The van der Waals surface area contributed by atoms with Crippen LogP contribution in [0.2, 0.25) is 0 Å². The predicted octanol–water partition coefficient (Wildman–Crippen LogP) is 1.63. The minimum atomic E-state index is 0.769. The number of aryl methyl sites for hydroxylation is 2. The first-order chi connectivity index (χ1) is 8.40. The van der Waals surface area contributed by atoms with E-state index in [1.54, 1.807) is 6.33 Å². The summed E-state index contributed by atoms with van der Waals surface area (Å²) in [6, 6.07) is 10.6. The first-order valence-corrected chi connectivity index (χ1v) is 5.95. The zero-order valence-electron chi connectivity index (χ0n) is 10.1. The van der Waals surface area contributed by atoms with Gasteiger partial charge >= 0.3 is 0 Å². The van der Waals surface area contributed by atoms with E-state index in [1.807, 2.05) is 13.1 Å². The highest BCUT2D eigenvalue weighted by Gasteiger charge is 2.02. The van der Waals surface area contributed by atoms with Crippen molar-refractivity contribution >= 4 is 0 Å². The molecule has 2 aromatic rings. The van der Waals surface area contributed by atoms with Crippen molar-refractivity contribution in [1.29, 1.82) is 0 Å². The van der Waals surface area contributed by atoms with Gasteiger partial charge in [0.05, 0.1) is 6.54 Å². The minimum Gasteiger partial charge on any atom is -0.317 e. The smallest absolute Gasteiger partial charge is 0.146 e. The molecule has 1 aromatic carbocycles. The number of hydrogen-bond acceptors (Lipinski definition) is 3. The lowest BCUT2D eigenvalue weighted by atomic mass is 10.1. The topological polar surface area (TPSA) is 42.7 Å². The maximum absolute atomic E-state index is 4.08. The van der Waals surface area contributed by atoms with Crippen LogP contribution in [0.5, 0.6) is 0 Å². The van der Waals surface area contributed by atoms with E-state index in [0.29, 0.717) is 0 Å². The van der Waals surface area contributed by atoms with Crippen LogP contribution in [-0.4, -0.2) is 21.8 Å². The van der Waals surface area contributed by atoms with Gasteiger partial charge < -0.3 is 9.88 Å². The molecule has 0 unspecified atom stereocenters. The molecule has 90 valence electrons. The van der Waals surface area contributed by atoms with Crippen LogP contribution in [0.15, 0.2) is 36.7 Å². The summed E-state index contributed by atoms with van der Waals surface area (Å²) in [5, 5.41) is 11.1. The van der Waals surface area contributed by atoms with Crippen molar-refractivity contribution in [2.24, 2.45) is 0 Å². The molecule has 0 radical (unpaired) electrons. The zero-order valence-corrected chi connectivity index (χ0v) is 10.1. The molecular weight excluding hydrogens is 212 g/mol. The van der Waals surface area contributed by atoms with Gasteiger partial charge in [0.15, 0.2) is 0 Å². The molecule has 0 saturated carbocycles. The summed E-state index contributed by atoms with van der Waals surface area (Å²) in [5.74, 6) is 1.00. The lowest BCUT2D eigenvalue weighted by molar-refractivity contribution is 0.594. The molecule has 4 nitrogen and oxygen atoms in total. The third-order valence-electron chi connectivity index (χ3n) is 2.74. The van der Waals surface area contributed by atoms with Crippen molar-refractivity contribution in [3.63, 3.8) is 0 Å². The van der Waals surface area contributed by atoms with Crippen LogP contribution in [0.3, 0.4) is 0 Å². The quantitative estimate of drug-likeness (QED) is 0.820. The number of nitrogens with one attached hydrogen (secondary N) is 1. The SMILES string of the molecule is CNCc1nncn1CCCc1ccccc1. The van der Waals surface area contributed by atoms with E-state index >= 15 is 0 Å². The Kier molecular flexibility index (Phi) is 4.27. The van der Waals surface area contributed by atoms with Gasteiger partial charge in [0.25, 0.3) is 0 Å². The third kappa shape index (κ3) is 3.39. The minimum absolute atomic E-state index is 0.769. The summed E-state index contributed by atoms with van der Waals surface area (Å²) in [5.41, 5.74) is 1.38. The Bertz CT molecular complexity index is 436. The van der Waals surface area contributed by atoms with Gasteiger partial charge in [0.2, 0.25) is 0 Å². The fraction of sp³-hybridized carbons (Fsp3) is 0.385. The summed E-state index contributed by atoms with van der Waals surface area (Å²) in [6.45, 7) is 1.74. The number of hydrogen-bond donors (Lipinski definition) is 1. The maximum atomic E-state index is 4.08. The average molecular weight is 230 g/mol. The Morgan fingerprint density at radius 2 is 2.06 bits per heavy atom. The van der Waals surface area contributed by atoms with Crippen molar-refractivity contribution in [3.8, 4) is 0 Å². The predicted molar refractivity (Wildman–Crippen MR) is 67.5 cm³/mol. The second-order valence-corrected chi connectivity index (χ2v) is 4.06. The van der Waals surface area contributed by atoms with Gasteiger partial charge in [-0.05, 0) is 25.5 Å². The number of nitrogens with zero attached hydrogens (tertiary/aromatic N) is 3. The molecule has 0 aliphatic rings. The van der Waals surface area contributed by atoms with Crippen molar-refractivity contribution in [2.75, 3.05) is 7.05 Å². The normalized spacial score (nSPS) is 10.6. The summed E-state index contributed by atoms with van der Waals surface area (Å²) < 4.78 is 2.11. The highest BCUT2D eigenvalue weighted by Crippen LogP contribution is 2.04. The molecule has 0 bridgehead atoms. The molecule has 2 rings (SSSR count). The molecule has 1 heterocycles. The molecule has 0 atom stereocenters. The highest BCUT2D eigenvalue weighted by atomic mass is 15.3. The fourth-order valence-electron chi connectivity index (χ4n) is 1.86. The molecule has 1 aromatic heterocycles. The van der Waals surface area contributed by atoms with E-state index in [9.17, 15) is 0 Å². The largest absolute Gasteiger partial charge is 0.317 e. The standard InChI is InChI=1S/C13H18N4/c1-14-10-13-16-15-11-17(13)9-5-8-12-6-3-2-4-7-12/h2-4,6-7,11,14H,5,8-10H2,1H3. The van der Waals surface area contributed by atoms with Crippen LogP contribution in [0.1, 0.15) is 17.8 Å². The van der Waals surface area contributed by atoms with Crippen LogP contribution < -0.4 is 5.32 Å². The summed E-state index contributed by atoms with van der Waals surface area (Å²) in [6.07, 6.45) is 4.01. The van der Waals surface area contributed by atoms with Gasteiger partial charge in [-0.25, -0.2) is 0 Å². The van der Waals surface area contributed by atoms with Crippen molar-refractivity contribution in [1.82, 2.24) is 20.1 Å².